The predicted molar refractivity (Wildman–Crippen MR) is 356 cm³/mol. The molecule has 0 N–H and O–H groups in total. The number of aryl methyl sites for hydroxylation is 4. The first kappa shape index (κ1) is 57.7. The number of nitrogens with zero attached hydrogens (tertiary/aromatic N) is 3. The molecule has 7 aromatic rings. The quantitative estimate of drug-likeness (QED) is 0.150. The van der Waals surface area contributed by atoms with Crippen molar-refractivity contribution >= 4 is 45.5 Å². The van der Waals surface area contributed by atoms with Gasteiger partial charge in [0, 0.05) is 33.7 Å². The van der Waals surface area contributed by atoms with Crippen LogP contribution in [0.4, 0.5) is 45.5 Å². The number of anilines is 8. The molecule has 1 aliphatic heterocycles. The van der Waals surface area contributed by atoms with Crippen LogP contribution in [-0.4, -0.2) is 5.54 Å². The minimum Gasteiger partial charge on any atom is -0.334 e. The van der Waals surface area contributed by atoms with Gasteiger partial charge in [-0.15, -0.1) is 0 Å². The molecule has 3 nitrogen and oxygen atoms in total. The summed E-state index contributed by atoms with van der Waals surface area (Å²) in [5, 5.41) is 0. The molecule has 3 heteroatoms. The number of hydrogen-bond donors (Lipinski definition) is 0. The molecule has 11 rings (SSSR count). The van der Waals surface area contributed by atoms with Gasteiger partial charge >= 0.3 is 0 Å². The van der Waals surface area contributed by atoms with Crippen molar-refractivity contribution in [1.82, 2.24) is 0 Å². The Kier molecular flexibility index (Phi) is 13.7. The average molecular weight is 1090 g/mol. The van der Waals surface area contributed by atoms with E-state index >= 15 is 0 Å². The number of fused-ring (bicyclic) bond motifs is 5. The first-order valence-electron chi connectivity index (χ1n) is 31.5. The maximum atomic E-state index is 2.80. The highest BCUT2D eigenvalue weighted by molar-refractivity contribution is 5.95. The standard InChI is InChI=1S/C79H99N3/c1-50-41-70(80(68-48-62-60(43-52(68)3)74(12,13)37-39-76(62,16)17)65-33-30-56(72(6,7)8)45-59(65)55-27-23-22-24-28-55)54(5)71(42-50)81(69-49-63-61(44-53(69)4)75(14,15)38-40-77(63,18)19)67-47-58(32-29-51(67)2)82-66-34-31-57(73(9,10)11)46-64(66)78(20)35-25-26-36-79(78,82)21/h22-24,27-34,41-49H,25-26,35-40H2,1-21H3. The van der Waals surface area contributed by atoms with Crippen molar-refractivity contribution in [3.63, 3.8) is 0 Å². The van der Waals surface area contributed by atoms with E-state index in [0.29, 0.717) is 0 Å². The summed E-state index contributed by atoms with van der Waals surface area (Å²) in [6.45, 7) is 51.0. The fourth-order valence-corrected chi connectivity index (χ4v) is 15.6. The summed E-state index contributed by atoms with van der Waals surface area (Å²) < 4.78 is 0. The van der Waals surface area contributed by atoms with Gasteiger partial charge < -0.3 is 14.7 Å². The van der Waals surface area contributed by atoms with Gasteiger partial charge in [0.15, 0.2) is 0 Å². The Labute approximate surface area is 497 Å². The first-order valence-corrected chi connectivity index (χ1v) is 31.5. The van der Waals surface area contributed by atoms with Crippen LogP contribution in [-0.2, 0) is 37.9 Å². The van der Waals surface area contributed by atoms with Crippen molar-refractivity contribution in [2.24, 2.45) is 0 Å². The summed E-state index contributed by atoms with van der Waals surface area (Å²) in [4.78, 5) is 8.19. The fraction of sp³-hybridized carbons (Fsp3) is 0.468. The highest BCUT2D eigenvalue weighted by Crippen LogP contribution is 2.62. The van der Waals surface area contributed by atoms with Crippen LogP contribution in [0, 0.1) is 34.6 Å². The van der Waals surface area contributed by atoms with E-state index in [1.54, 1.807) is 0 Å². The highest BCUT2D eigenvalue weighted by atomic mass is 15.3. The van der Waals surface area contributed by atoms with Crippen LogP contribution in [0.1, 0.15) is 229 Å². The van der Waals surface area contributed by atoms with Crippen LogP contribution < -0.4 is 14.7 Å². The minimum atomic E-state index is -0.0960. The predicted octanol–water partition coefficient (Wildman–Crippen LogP) is 22.9. The largest absolute Gasteiger partial charge is 0.334 e. The summed E-state index contributed by atoms with van der Waals surface area (Å²) in [5.41, 5.74) is 29.1. The lowest BCUT2D eigenvalue weighted by Crippen LogP contribution is -2.54. The molecule has 430 valence electrons. The van der Waals surface area contributed by atoms with Crippen LogP contribution >= 0.6 is 0 Å². The Bertz CT molecular complexity index is 3660. The average Bonchev–Trinajstić information content (AvgIpc) is 3.76. The second-order valence-corrected chi connectivity index (χ2v) is 31.5. The van der Waals surface area contributed by atoms with Gasteiger partial charge in [-0.1, -0.05) is 183 Å². The fourth-order valence-electron chi connectivity index (χ4n) is 15.6. The van der Waals surface area contributed by atoms with Gasteiger partial charge in [0.25, 0.3) is 0 Å². The smallest absolute Gasteiger partial charge is 0.0540 e. The molecule has 0 aromatic heterocycles. The van der Waals surface area contributed by atoms with E-state index in [2.05, 4.69) is 281 Å². The molecule has 82 heavy (non-hydrogen) atoms. The van der Waals surface area contributed by atoms with E-state index in [-0.39, 0.29) is 43.4 Å². The van der Waals surface area contributed by atoms with E-state index in [0.717, 1.165) is 19.3 Å². The summed E-state index contributed by atoms with van der Waals surface area (Å²) in [6.07, 6.45) is 9.50. The molecule has 7 aromatic carbocycles. The normalized spacial score (nSPS) is 21.3. The third-order valence-electron chi connectivity index (χ3n) is 21.7. The molecule has 1 fully saturated rings. The van der Waals surface area contributed by atoms with Crippen molar-refractivity contribution in [3.05, 3.63) is 188 Å². The minimum absolute atomic E-state index is 0.00894. The van der Waals surface area contributed by atoms with Gasteiger partial charge in [-0.25, -0.2) is 0 Å². The molecule has 2 atom stereocenters. The summed E-state index contributed by atoms with van der Waals surface area (Å²) >= 11 is 0. The van der Waals surface area contributed by atoms with Gasteiger partial charge in [0.2, 0.25) is 0 Å². The monoisotopic (exact) mass is 1090 g/mol. The zero-order valence-electron chi connectivity index (χ0n) is 54.5. The van der Waals surface area contributed by atoms with Gasteiger partial charge in [0.05, 0.1) is 28.3 Å². The molecule has 0 bridgehead atoms. The molecule has 0 spiro atoms. The van der Waals surface area contributed by atoms with Gasteiger partial charge in [-0.2, -0.15) is 0 Å². The van der Waals surface area contributed by atoms with Crippen LogP contribution in [0.2, 0.25) is 0 Å². The lowest BCUT2D eigenvalue weighted by atomic mass is 9.61. The Hall–Kier alpha value is -6.06. The molecular weight excluding hydrogens is 991 g/mol. The second kappa shape index (κ2) is 19.5. The van der Waals surface area contributed by atoms with Crippen LogP contribution in [0.3, 0.4) is 0 Å². The first-order chi connectivity index (χ1) is 38.2. The number of hydrogen-bond acceptors (Lipinski definition) is 3. The van der Waals surface area contributed by atoms with E-state index in [1.807, 2.05) is 0 Å². The van der Waals surface area contributed by atoms with Gasteiger partial charge in [0.1, 0.15) is 0 Å². The zero-order valence-corrected chi connectivity index (χ0v) is 54.5. The summed E-state index contributed by atoms with van der Waals surface area (Å²) in [7, 11) is 0. The van der Waals surface area contributed by atoms with E-state index in [9.17, 15) is 0 Å². The van der Waals surface area contributed by atoms with E-state index < -0.39 is 0 Å². The topological polar surface area (TPSA) is 9.72 Å². The van der Waals surface area contributed by atoms with E-state index in [1.165, 1.54) is 155 Å². The number of benzene rings is 7. The van der Waals surface area contributed by atoms with E-state index in [4.69, 9.17) is 0 Å². The lowest BCUT2D eigenvalue weighted by Gasteiger charge is -2.50. The molecule has 1 heterocycles. The van der Waals surface area contributed by atoms with Crippen LogP contribution in [0.25, 0.3) is 11.1 Å². The summed E-state index contributed by atoms with van der Waals surface area (Å²) in [6, 6.07) is 48.9. The maximum Gasteiger partial charge on any atom is 0.0540 e. The van der Waals surface area contributed by atoms with Crippen molar-refractivity contribution in [3.8, 4) is 11.1 Å². The zero-order chi connectivity index (χ0) is 59.2. The van der Waals surface area contributed by atoms with Crippen molar-refractivity contribution in [2.45, 2.75) is 240 Å². The Balaban J connectivity index is 1.22. The molecule has 0 radical (unpaired) electrons. The molecule has 0 amide bonds. The second-order valence-electron chi connectivity index (χ2n) is 31.5. The summed E-state index contributed by atoms with van der Waals surface area (Å²) in [5.74, 6) is 0. The Morgan fingerprint density at radius 3 is 1.38 bits per heavy atom. The Morgan fingerprint density at radius 1 is 0.390 bits per heavy atom. The Morgan fingerprint density at radius 2 is 0.854 bits per heavy atom. The molecule has 0 saturated heterocycles. The SMILES string of the molecule is Cc1cc(N(c2cc(N3c4ccc(C(C)(C)C)cc4C4(C)CCCCC34C)ccc2C)c2cc3c(cc2C)C(C)(C)CCC3(C)C)c(C)c(N(c2cc3c(cc2C)C(C)(C)CCC3(C)C)c2ccc(C(C)(C)C)cc2-c2ccccc2)c1. The molecule has 1 saturated carbocycles. The third-order valence-corrected chi connectivity index (χ3v) is 21.7. The number of rotatable bonds is 8. The third kappa shape index (κ3) is 9.37. The van der Waals surface area contributed by atoms with Crippen LogP contribution in [0.15, 0.2) is 121 Å². The lowest BCUT2D eigenvalue weighted by molar-refractivity contribution is 0.195. The molecule has 2 unspecified atom stereocenters. The molecule has 3 aliphatic carbocycles. The van der Waals surface area contributed by atoms with Gasteiger partial charge in [-0.3, -0.25) is 0 Å². The highest BCUT2D eigenvalue weighted by Gasteiger charge is 2.58. The molecule has 4 aliphatic rings. The van der Waals surface area contributed by atoms with Crippen molar-refractivity contribution in [2.75, 3.05) is 14.7 Å². The van der Waals surface area contributed by atoms with Gasteiger partial charge in [-0.05, 0) is 239 Å². The molecular formula is C79H99N3. The van der Waals surface area contributed by atoms with Crippen molar-refractivity contribution < 1.29 is 0 Å². The van der Waals surface area contributed by atoms with Crippen LogP contribution in [0.5, 0.6) is 0 Å². The van der Waals surface area contributed by atoms with Crippen molar-refractivity contribution in [1.29, 1.82) is 0 Å². The maximum absolute atomic E-state index is 2.80.